The number of rotatable bonds is 4. The highest BCUT2D eigenvalue weighted by molar-refractivity contribution is 9.10. The molecule has 0 aromatic carbocycles. The summed E-state index contributed by atoms with van der Waals surface area (Å²) in [4.78, 5) is 2.33. The van der Waals surface area contributed by atoms with Crippen LogP contribution in [0.3, 0.4) is 0 Å². The van der Waals surface area contributed by atoms with Crippen LogP contribution in [-0.4, -0.2) is 31.6 Å². The van der Waals surface area contributed by atoms with Crippen molar-refractivity contribution in [1.29, 1.82) is 0 Å². The van der Waals surface area contributed by atoms with Gasteiger partial charge in [-0.1, -0.05) is 6.92 Å². The van der Waals surface area contributed by atoms with E-state index in [0.717, 1.165) is 36.6 Å². The Kier molecular flexibility index (Phi) is 5.51. The minimum absolute atomic E-state index is 0. The third kappa shape index (κ3) is 4.28. The van der Waals surface area contributed by atoms with E-state index in [2.05, 4.69) is 40.1 Å². The maximum atomic E-state index is 5.51. The van der Waals surface area contributed by atoms with Crippen molar-refractivity contribution in [3.8, 4) is 0 Å². The highest BCUT2D eigenvalue weighted by Gasteiger charge is 2.29. The standard InChI is InChI=1S/C12H19BrN2O.ClH/c1-12(5-6-14-8-12)9-15(2)7-10-3-4-11(13)16-10;/h3-4,14H,5-9H2,1-2H3;1H. The molecule has 1 unspecified atom stereocenters. The molecule has 17 heavy (non-hydrogen) atoms. The third-order valence-corrected chi connectivity index (χ3v) is 3.59. The Morgan fingerprint density at radius 3 is 2.82 bits per heavy atom. The summed E-state index contributed by atoms with van der Waals surface area (Å²) in [5.74, 6) is 1.02. The summed E-state index contributed by atoms with van der Waals surface area (Å²) in [5.41, 5.74) is 0.415. The quantitative estimate of drug-likeness (QED) is 0.923. The third-order valence-electron chi connectivity index (χ3n) is 3.16. The summed E-state index contributed by atoms with van der Waals surface area (Å²) < 4.78 is 6.32. The second kappa shape index (κ2) is 6.23. The molecule has 0 radical (unpaired) electrons. The van der Waals surface area contributed by atoms with E-state index >= 15 is 0 Å². The van der Waals surface area contributed by atoms with Gasteiger partial charge in [-0.3, -0.25) is 4.90 Å². The SMILES string of the molecule is CN(Cc1ccc(Br)o1)CC1(C)CCNC1.Cl. The zero-order valence-corrected chi connectivity index (χ0v) is 12.7. The lowest BCUT2D eigenvalue weighted by atomic mass is 9.89. The fourth-order valence-corrected chi connectivity index (χ4v) is 2.75. The Morgan fingerprint density at radius 2 is 2.29 bits per heavy atom. The molecule has 2 heterocycles. The summed E-state index contributed by atoms with van der Waals surface area (Å²) in [7, 11) is 2.15. The maximum absolute atomic E-state index is 5.51. The lowest BCUT2D eigenvalue weighted by Gasteiger charge is -2.28. The van der Waals surface area contributed by atoms with Crippen LogP contribution in [0.2, 0.25) is 0 Å². The zero-order chi connectivity index (χ0) is 11.6. The Labute approximate surface area is 117 Å². The summed E-state index contributed by atoms with van der Waals surface area (Å²) in [5, 5.41) is 3.43. The van der Waals surface area contributed by atoms with Gasteiger partial charge in [0.25, 0.3) is 0 Å². The first-order valence-corrected chi connectivity index (χ1v) is 6.50. The van der Waals surface area contributed by atoms with E-state index in [4.69, 9.17) is 4.42 Å². The molecule has 1 N–H and O–H groups in total. The molecule has 98 valence electrons. The van der Waals surface area contributed by atoms with Gasteiger partial charge in [0, 0.05) is 13.1 Å². The van der Waals surface area contributed by atoms with Crippen LogP contribution in [0.4, 0.5) is 0 Å². The average Bonchev–Trinajstić information content (AvgIpc) is 2.75. The van der Waals surface area contributed by atoms with E-state index in [1.54, 1.807) is 0 Å². The largest absolute Gasteiger partial charge is 0.453 e. The van der Waals surface area contributed by atoms with Crippen LogP contribution in [0.1, 0.15) is 19.1 Å². The number of nitrogens with one attached hydrogen (secondary N) is 1. The molecule has 1 aliphatic rings. The normalized spacial score (nSPS) is 24.0. The van der Waals surface area contributed by atoms with Crippen molar-refractivity contribution in [2.75, 3.05) is 26.7 Å². The van der Waals surface area contributed by atoms with E-state index < -0.39 is 0 Å². The van der Waals surface area contributed by atoms with Crippen LogP contribution in [-0.2, 0) is 6.54 Å². The lowest BCUT2D eigenvalue weighted by Crippen LogP contribution is -2.34. The Balaban J connectivity index is 0.00000144. The summed E-state index contributed by atoms with van der Waals surface area (Å²) in [6.07, 6.45) is 1.26. The van der Waals surface area contributed by atoms with Gasteiger partial charge in [-0.05, 0) is 53.5 Å². The first-order valence-electron chi connectivity index (χ1n) is 5.71. The molecule has 3 nitrogen and oxygen atoms in total. The molecule has 0 spiro atoms. The Bertz CT molecular complexity index is 350. The molecule has 1 aliphatic heterocycles. The van der Waals surface area contributed by atoms with Crippen molar-refractivity contribution in [2.24, 2.45) is 5.41 Å². The highest BCUT2D eigenvalue weighted by Crippen LogP contribution is 2.26. The van der Waals surface area contributed by atoms with E-state index in [1.165, 1.54) is 6.42 Å². The molecule has 1 aromatic rings. The summed E-state index contributed by atoms with van der Waals surface area (Å²) in [6.45, 7) is 6.61. The molecule has 0 bridgehead atoms. The number of hydrogen-bond donors (Lipinski definition) is 1. The van der Waals surface area contributed by atoms with Crippen LogP contribution >= 0.6 is 28.3 Å². The fraction of sp³-hybridized carbons (Fsp3) is 0.667. The zero-order valence-electron chi connectivity index (χ0n) is 10.3. The van der Waals surface area contributed by atoms with Gasteiger partial charge in [0.1, 0.15) is 5.76 Å². The number of hydrogen-bond acceptors (Lipinski definition) is 3. The molecule has 1 aromatic heterocycles. The maximum Gasteiger partial charge on any atom is 0.169 e. The minimum Gasteiger partial charge on any atom is -0.453 e. The first-order chi connectivity index (χ1) is 7.57. The first kappa shape index (κ1) is 15.0. The van der Waals surface area contributed by atoms with Gasteiger partial charge < -0.3 is 9.73 Å². The van der Waals surface area contributed by atoms with E-state index in [1.807, 2.05) is 12.1 Å². The summed E-state index contributed by atoms with van der Waals surface area (Å²) >= 11 is 3.33. The topological polar surface area (TPSA) is 28.4 Å². The van der Waals surface area contributed by atoms with Crippen LogP contribution in [0, 0.1) is 5.41 Å². The second-order valence-electron chi connectivity index (χ2n) is 5.12. The molecule has 5 heteroatoms. The van der Waals surface area contributed by atoms with Gasteiger partial charge in [-0.25, -0.2) is 0 Å². The van der Waals surface area contributed by atoms with Crippen molar-refractivity contribution in [2.45, 2.75) is 19.9 Å². The monoisotopic (exact) mass is 322 g/mol. The lowest BCUT2D eigenvalue weighted by molar-refractivity contribution is 0.192. The van der Waals surface area contributed by atoms with Crippen molar-refractivity contribution < 1.29 is 4.42 Å². The van der Waals surface area contributed by atoms with Crippen molar-refractivity contribution in [1.82, 2.24) is 10.2 Å². The Morgan fingerprint density at radius 1 is 1.53 bits per heavy atom. The van der Waals surface area contributed by atoms with Crippen LogP contribution < -0.4 is 5.32 Å². The van der Waals surface area contributed by atoms with Gasteiger partial charge in [-0.15, -0.1) is 12.4 Å². The predicted octanol–water partition coefficient (Wildman–Crippen LogP) is 2.90. The number of furan rings is 1. The van der Waals surface area contributed by atoms with Gasteiger partial charge in [0.15, 0.2) is 4.67 Å². The predicted molar refractivity (Wildman–Crippen MR) is 75.6 cm³/mol. The second-order valence-corrected chi connectivity index (χ2v) is 5.90. The molecule has 0 saturated carbocycles. The van der Waals surface area contributed by atoms with Gasteiger partial charge in [0.05, 0.1) is 6.54 Å². The molecule has 1 saturated heterocycles. The molecule has 0 aliphatic carbocycles. The van der Waals surface area contributed by atoms with E-state index in [-0.39, 0.29) is 12.4 Å². The molecule has 0 amide bonds. The Hall–Kier alpha value is -0.0300. The van der Waals surface area contributed by atoms with Crippen molar-refractivity contribution in [3.05, 3.63) is 22.6 Å². The highest BCUT2D eigenvalue weighted by atomic mass is 79.9. The molecule has 1 atom stereocenters. The molecule has 2 rings (SSSR count). The molecular formula is C12H20BrClN2O. The van der Waals surface area contributed by atoms with Gasteiger partial charge in [0.2, 0.25) is 0 Å². The fourth-order valence-electron chi connectivity index (χ4n) is 2.41. The summed E-state index contributed by atoms with van der Waals surface area (Å²) in [6, 6.07) is 3.97. The van der Waals surface area contributed by atoms with Crippen LogP contribution in [0.5, 0.6) is 0 Å². The van der Waals surface area contributed by atoms with Crippen LogP contribution in [0.25, 0.3) is 0 Å². The van der Waals surface area contributed by atoms with Gasteiger partial charge in [-0.2, -0.15) is 0 Å². The minimum atomic E-state index is 0. The van der Waals surface area contributed by atoms with Gasteiger partial charge >= 0.3 is 0 Å². The average molecular weight is 324 g/mol. The van der Waals surface area contributed by atoms with Crippen molar-refractivity contribution in [3.63, 3.8) is 0 Å². The van der Waals surface area contributed by atoms with Crippen molar-refractivity contribution >= 4 is 28.3 Å². The van der Waals surface area contributed by atoms with E-state index in [0.29, 0.717) is 5.41 Å². The molecular weight excluding hydrogens is 304 g/mol. The van der Waals surface area contributed by atoms with Crippen LogP contribution in [0.15, 0.2) is 21.2 Å². The number of nitrogens with zero attached hydrogens (tertiary/aromatic N) is 1. The smallest absolute Gasteiger partial charge is 0.169 e. The number of halogens is 2. The molecule has 1 fully saturated rings. The van der Waals surface area contributed by atoms with E-state index in [9.17, 15) is 0 Å².